The summed E-state index contributed by atoms with van der Waals surface area (Å²) in [6.45, 7) is 4.40. The number of alkyl halides is 2. The highest BCUT2D eigenvalue weighted by Crippen LogP contribution is 2.52. The first-order valence-electron chi connectivity index (χ1n) is 13.6. The Kier molecular flexibility index (Phi) is 6.52. The second-order valence-electron chi connectivity index (χ2n) is 10.5. The minimum atomic E-state index is -2.53. The first kappa shape index (κ1) is 24.7. The highest BCUT2D eigenvalue weighted by molar-refractivity contribution is 7.98. The number of halogens is 3. The number of amides is 1. The summed E-state index contributed by atoms with van der Waals surface area (Å²) in [6, 6.07) is 3.06. The molecule has 1 amide bonds. The summed E-state index contributed by atoms with van der Waals surface area (Å²) in [5, 5.41) is 2.49. The zero-order chi connectivity index (χ0) is 29.2. The van der Waals surface area contributed by atoms with Gasteiger partial charge in [0.15, 0.2) is 11.5 Å². The maximum absolute atomic E-state index is 13.4. The molecule has 1 aromatic carbocycles. The summed E-state index contributed by atoms with van der Waals surface area (Å²) in [5.41, 5.74) is 0.287. The smallest absolute Gasteiger partial charge is 0.254 e. The lowest BCUT2D eigenvalue weighted by Crippen LogP contribution is -2.49. The normalized spacial score (nSPS) is 25.6. The van der Waals surface area contributed by atoms with E-state index in [0.29, 0.717) is 60.1 Å². The minimum absolute atomic E-state index is 0.0315. The molecule has 2 fully saturated rings. The van der Waals surface area contributed by atoms with E-state index in [2.05, 4.69) is 15.2 Å². The van der Waals surface area contributed by atoms with E-state index >= 15 is 0 Å². The second-order valence-corrected chi connectivity index (χ2v) is 11.7. The van der Waals surface area contributed by atoms with E-state index in [1.807, 2.05) is 6.92 Å². The zero-order valence-corrected chi connectivity index (χ0v) is 23.2. The number of aromatic nitrogens is 1. The number of aryl methyl sites for hydroxylation is 1. The Morgan fingerprint density at radius 3 is 2.58 bits per heavy atom. The third kappa shape index (κ3) is 5.14. The summed E-state index contributed by atoms with van der Waals surface area (Å²) < 4.78 is 56.3. The second kappa shape index (κ2) is 10.0. The minimum Gasteiger partial charge on any atom is -0.448 e. The molecule has 11 heteroatoms. The standard InChI is InChI=1S/C27H32ClF2N3O4S/c1-14-9-21(38-4)19(25(35)32-14)12-31-24(34)18-10-20(28)23-22(15(18)2)36-26(3,37-23)16-5-7-33(8-6-16)13-17-11-27(17,29)30/h9-10,16-17H,5-8,11-13H2,1-4H3,(H,31,34)(H,32,35)/t17-,26?/m1/s1/i12D2. The van der Waals surface area contributed by atoms with Crippen molar-refractivity contribution < 1.29 is 25.8 Å². The number of benzene rings is 1. The number of aromatic amines is 1. The van der Waals surface area contributed by atoms with Crippen LogP contribution in [0.1, 0.15) is 56.1 Å². The Balaban J connectivity index is 1.32. The number of likely N-dealkylation sites (tertiary alicyclic amines) is 1. The van der Waals surface area contributed by atoms with Crippen molar-refractivity contribution in [3.8, 4) is 11.5 Å². The quantitative estimate of drug-likeness (QED) is 0.449. The highest BCUT2D eigenvalue weighted by atomic mass is 35.5. The van der Waals surface area contributed by atoms with Crippen LogP contribution >= 0.6 is 23.4 Å². The SMILES string of the molecule is [2H]C([2H])(NC(=O)c1cc(Cl)c2c(c1C)OC(C)(C1CCN(C[C@H]3CC3(F)F)CC1)O2)c1c(SC)cc(C)[nH]c1=O. The first-order valence-corrected chi connectivity index (χ1v) is 14.2. The van der Waals surface area contributed by atoms with E-state index in [4.69, 9.17) is 23.8 Å². The Hall–Kier alpha value is -2.30. The summed E-state index contributed by atoms with van der Waals surface area (Å²) in [5.74, 6) is -4.33. The molecule has 0 spiro atoms. The molecule has 2 atom stereocenters. The Labute approximate surface area is 232 Å². The molecule has 38 heavy (non-hydrogen) atoms. The van der Waals surface area contributed by atoms with E-state index in [1.165, 1.54) is 17.8 Å². The van der Waals surface area contributed by atoms with Crippen LogP contribution < -0.4 is 20.3 Å². The molecule has 3 aliphatic rings. The highest BCUT2D eigenvalue weighted by Gasteiger charge is 2.57. The van der Waals surface area contributed by atoms with Crippen LogP contribution in [0.15, 0.2) is 21.8 Å². The van der Waals surface area contributed by atoms with Crippen molar-refractivity contribution in [3.05, 3.63) is 49.9 Å². The van der Waals surface area contributed by atoms with Gasteiger partial charge in [0.1, 0.15) is 0 Å². The lowest BCUT2D eigenvalue weighted by Gasteiger charge is -2.38. The van der Waals surface area contributed by atoms with Crippen molar-refractivity contribution in [2.75, 3.05) is 25.9 Å². The lowest BCUT2D eigenvalue weighted by atomic mass is 9.89. The van der Waals surface area contributed by atoms with Crippen molar-refractivity contribution >= 4 is 29.3 Å². The predicted octanol–water partition coefficient (Wildman–Crippen LogP) is 5.15. The van der Waals surface area contributed by atoms with Crippen LogP contribution in [0.5, 0.6) is 11.5 Å². The average Bonchev–Trinajstić information content (AvgIpc) is 3.28. The summed E-state index contributed by atoms with van der Waals surface area (Å²) in [6.07, 6.45) is 3.07. The summed E-state index contributed by atoms with van der Waals surface area (Å²) in [4.78, 5) is 31.0. The topological polar surface area (TPSA) is 83.7 Å². The van der Waals surface area contributed by atoms with Gasteiger partial charge >= 0.3 is 0 Å². The van der Waals surface area contributed by atoms with Crippen LogP contribution in [-0.2, 0) is 6.50 Å². The molecule has 206 valence electrons. The molecule has 2 N–H and O–H groups in total. The number of carbonyl (C=O) groups excluding carboxylic acids is 1. The van der Waals surface area contributed by atoms with Gasteiger partial charge in [-0.2, -0.15) is 0 Å². The maximum Gasteiger partial charge on any atom is 0.254 e. The Morgan fingerprint density at radius 1 is 1.29 bits per heavy atom. The zero-order valence-electron chi connectivity index (χ0n) is 23.7. The van der Waals surface area contributed by atoms with Crippen molar-refractivity contribution in [2.45, 2.75) is 63.1 Å². The molecule has 2 aliphatic heterocycles. The molecule has 1 aromatic heterocycles. The van der Waals surface area contributed by atoms with E-state index < -0.39 is 35.6 Å². The van der Waals surface area contributed by atoms with Crippen molar-refractivity contribution in [3.63, 3.8) is 0 Å². The number of carbonyl (C=O) groups is 1. The maximum atomic E-state index is 13.4. The third-order valence-corrected chi connectivity index (χ3v) is 8.75. The molecule has 1 aliphatic carbocycles. The van der Waals surface area contributed by atoms with Crippen LogP contribution in [0.4, 0.5) is 8.78 Å². The number of thioether (sulfide) groups is 1. The molecule has 1 unspecified atom stereocenters. The summed E-state index contributed by atoms with van der Waals surface area (Å²) >= 11 is 7.74. The van der Waals surface area contributed by atoms with Gasteiger partial charge in [-0.3, -0.25) is 9.59 Å². The number of rotatable bonds is 7. The predicted molar refractivity (Wildman–Crippen MR) is 143 cm³/mol. The van der Waals surface area contributed by atoms with E-state index in [0.717, 1.165) is 0 Å². The number of H-pyrrole nitrogens is 1. The van der Waals surface area contributed by atoms with Crippen LogP contribution in [-0.4, -0.2) is 53.4 Å². The molecule has 0 radical (unpaired) electrons. The van der Waals surface area contributed by atoms with Crippen LogP contribution in [0.3, 0.4) is 0 Å². The van der Waals surface area contributed by atoms with Gasteiger partial charge in [0.05, 0.1) is 7.76 Å². The van der Waals surface area contributed by atoms with E-state index in [-0.39, 0.29) is 28.5 Å². The van der Waals surface area contributed by atoms with Crippen molar-refractivity contribution in [2.24, 2.45) is 11.8 Å². The number of ether oxygens (including phenoxy) is 2. The van der Waals surface area contributed by atoms with Gasteiger partial charge < -0.3 is 24.7 Å². The first-order chi connectivity index (χ1) is 18.6. The molecular formula is C27H32ClF2N3O4S. The van der Waals surface area contributed by atoms with Gasteiger partial charge in [-0.25, -0.2) is 8.78 Å². The van der Waals surface area contributed by atoms with Crippen LogP contribution in [0.2, 0.25) is 5.02 Å². The van der Waals surface area contributed by atoms with Gasteiger partial charge in [0.25, 0.3) is 23.2 Å². The molecular weight excluding hydrogens is 536 g/mol. The van der Waals surface area contributed by atoms with Gasteiger partial charge in [0.2, 0.25) is 0 Å². The third-order valence-electron chi connectivity index (χ3n) is 7.71. The average molecular weight is 570 g/mol. The van der Waals surface area contributed by atoms with Gasteiger partial charge in [-0.15, -0.1) is 11.8 Å². The van der Waals surface area contributed by atoms with Crippen LogP contribution in [0.25, 0.3) is 0 Å². The van der Waals surface area contributed by atoms with Gasteiger partial charge in [-0.05, 0) is 58.2 Å². The fourth-order valence-corrected chi connectivity index (χ4v) is 6.17. The summed E-state index contributed by atoms with van der Waals surface area (Å²) in [7, 11) is 0. The fraction of sp³-hybridized carbons (Fsp3) is 0.556. The van der Waals surface area contributed by atoms with Crippen molar-refractivity contribution in [1.82, 2.24) is 15.2 Å². The molecule has 2 aromatic rings. The largest absolute Gasteiger partial charge is 0.448 e. The van der Waals surface area contributed by atoms with E-state index in [9.17, 15) is 18.4 Å². The Morgan fingerprint density at radius 2 is 1.95 bits per heavy atom. The lowest BCUT2D eigenvalue weighted by molar-refractivity contribution is -0.125. The number of pyridine rings is 1. The fourth-order valence-electron chi connectivity index (χ4n) is 5.29. The van der Waals surface area contributed by atoms with Gasteiger partial charge in [0, 0.05) is 65.5 Å². The molecule has 5 rings (SSSR count). The number of hydrogen-bond acceptors (Lipinski definition) is 6. The number of fused-ring (bicyclic) bond motifs is 1. The number of nitrogens with zero attached hydrogens (tertiary/aromatic N) is 1. The van der Waals surface area contributed by atoms with E-state index in [1.54, 1.807) is 26.2 Å². The number of piperidine rings is 1. The number of hydrogen-bond donors (Lipinski definition) is 2. The molecule has 3 heterocycles. The molecule has 7 nitrogen and oxygen atoms in total. The van der Waals surface area contributed by atoms with Crippen LogP contribution in [0, 0.1) is 25.7 Å². The monoisotopic (exact) mass is 569 g/mol. The number of nitrogens with one attached hydrogen (secondary N) is 2. The molecule has 1 saturated carbocycles. The Bertz CT molecular complexity index is 1420. The molecule has 1 saturated heterocycles. The van der Waals surface area contributed by atoms with Gasteiger partial charge in [-0.1, -0.05) is 11.6 Å². The molecule has 0 bridgehead atoms. The van der Waals surface area contributed by atoms with Crippen molar-refractivity contribution in [1.29, 1.82) is 0 Å².